The standard InChI is InChI=1S/C33H38N6O8/c1-2-46-33(45)38-17-15-37(16-18-38)32(44)26(7-8-30(41)42)36-31(43)27-19-28(24-5-3-4-6-25(24)35-27)47-21-29(40)39-14-11-23(20-39)22-9-12-34-13-10-22/h3-6,9-10,12-13,19,23,26H,2,7-8,11,14-18,20-21H2,1H3,(H,36,43)(H,41,42). The molecular formula is C33H38N6O8. The van der Waals surface area contributed by atoms with Gasteiger partial charge in [0, 0.05) is 75.5 Å². The van der Waals surface area contributed by atoms with E-state index in [1.165, 1.54) is 15.9 Å². The molecule has 2 N–H and O–H groups in total. The van der Waals surface area contributed by atoms with E-state index in [2.05, 4.69) is 15.3 Å². The van der Waals surface area contributed by atoms with Crippen molar-refractivity contribution in [2.24, 2.45) is 0 Å². The van der Waals surface area contributed by atoms with Crippen LogP contribution in [0.4, 0.5) is 4.79 Å². The van der Waals surface area contributed by atoms with Crippen molar-refractivity contribution in [3.63, 3.8) is 0 Å². The first-order valence-electron chi connectivity index (χ1n) is 15.7. The average Bonchev–Trinajstić information content (AvgIpc) is 3.59. The van der Waals surface area contributed by atoms with E-state index in [1.807, 2.05) is 12.1 Å². The third-order valence-corrected chi connectivity index (χ3v) is 8.35. The summed E-state index contributed by atoms with van der Waals surface area (Å²) in [6.07, 6.45) is 3.36. The van der Waals surface area contributed by atoms with Gasteiger partial charge >= 0.3 is 12.1 Å². The zero-order valence-electron chi connectivity index (χ0n) is 26.2. The maximum absolute atomic E-state index is 13.5. The quantitative estimate of drug-likeness (QED) is 0.315. The van der Waals surface area contributed by atoms with Crippen molar-refractivity contribution in [3.8, 4) is 5.75 Å². The first kappa shape index (κ1) is 33.1. The summed E-state index contributed by atoms with van der Waals surface area (Å²) in [5.74, 6) is -1.95. The highest BCUT2D eigenvalue weighted by Gasteiger charge is 2.32. The maximum Gasteiger partial charge on any atom is 0.409 e. The van der Waals surface area contributed by atoms with Gasteiger partial charge in [0.25, 0.3) is 11.8 Å². The minimum absolute atomic E-state index is 0.0506. The van der Waals surface area contributed by atoms with E-state index in [0.29, 0.717) is 24.0 Å². The molecule has 14 nitrogen and oxygen atoms in total. The zero-order chi connectivity index (χ0) is 33.3. The van der Waals surface area contributed by atoms with Crippen LogP contribution in [0.3, 0.4) is 0 Å². The number of hydrogen-bond donors (Lipinski definition) is 2. The number of carbonyl (C=O) groups is 5. The topological polar surface area (TPSA) is 172 Å². The third-order valence-electron chi connectivity index (χ3n) is 8.35. The zero-order valence-corrected chi connectivity index (χ0v) is 26.2. The molecule has 0 radical (unpaired) electrons. The molecule has 2 aliphatic heterocycles. The normalized spacial score (nSPS) is 16.9. The van der Waals surface area contributed by atoms with Crippen LogP contribution in [0.15, 0.2) is 54.9 Å². The Hall–Kier alpha value is -5.27. The number of nitrogens with zero attached hydrogens (tertiary/aromatic N) is 5. The van der Waals surface area contributed by atoms with Crippen LogP contribution in [-0.2, 0) is 19.1 Å². The number of rotatable bonds is 11. The summed E-state index contributed by atoms with van der Waals surface area (Å²) >= 11 is 0. The number of aromatic nitrogens is 2. The fourth-order valence-corrected chi connectivity index (χ4v) is 5.81. The molecule has 248 valence electrons. The van der Waals surface area contributed by atoms with Crippen molar-refractivity contribution < 1.29 is 38.6 Å². The lowest BCUT2D eigenvalue weighted by molar-refractivity contribution is -0.138. The number of ether oxygens (including phenoxy) is 2. The summed E-state index contributed by atoms with van der Waals surface area (Å²) in [7, 11) is 0. The second-order valence-corrected chi connectivity index (χ2v) is 11.4. The van der Waals surface area contributed by atoms with E-state index in [1.54, 1.807) is 48.5 Å². The summed E-state index contributed by atoms with van der Waals surface area (Å²) in [4.78, 5) is 76.8. The Morgan fingerprint density at radius 2 is 1.70 bits per heavy atom. The van der Waals surface area contributed by atoms with E-state index in [0.717, 1.165) is 12.0 Å². The number of para-hydroxylation sites is 1. The number of carbonyl (C=O) groups excluding carboxylic acids is 4. The molecule has 2 atom stereocenters. The van der Waals surface area contributed by atoms with Crippen molar-refractivity contribution in [3.05, 3.63) is 66.1 Å². The van der Waals surface area contributed by atoms with Crippen molar-refractivity contribution in [2.45, 2.75) is 38.1 Å². The molecule has 47 heavy (non-hydrogen) atoms. The van der Waals surface area contributed by atoms with Crippen LogP contribution < -0.4 is 10.1 Å². The fraction of sp³-hybridized carbons (Fsp3) is 0.424. The second kappa shape index (κ2) is 15.3. The lowest BCUT2D eigenvalue weighted by Crippen LogP contribution is -2.56. The highest BCUT2D eigenvalue weighted by atomic mass is 16.6. The molecule has 5 rings (SSSR count). The Bertz CT molecular complexity index is 1610. The Labute approximate surface area is 271 Å². The van der Waals surface area contributed by atoms with Gasteiger partial charge in [0.15, 0.2) is 6.61 Å². The van der Waals surface area contributed by atoms with E-state index in [-0.39, 0.29) is 75.5 Å². The predicted octanol–water partition coefficient (Wildman–Crippen LogP) is 2.29. The number of amides is 4. The minimum atomic E-state index is -1.14. The van der Waals surface area contributed by atoms with Gasteiger partial charge in [-0.3, -0.25) is 24.2 Å². The van der Waals surface area contributed by atoms with E-state index in [9.17, 15) is 29.1 Å². The summed E-state index contributed by atoms with van der Waals surface area (Å²) in [5.41, 5.74) is 1.53. The summed E-state index contributed by atoms with van der Waals surface area (Å²) in [5, 5.41) is 12.6. The molecule has 1 aromatic carbocycles. The Morgan fingerprint density at radius 3 is 2.43 bits per heavy atom. The number of aliphatic carboxylic acids is 1. The second-order valence-electron chi connectivity index (χ2n) is 11.4. The van der Waals surface area contributed by atoms with Gasteiger partial charge in [0.1, 0.15) is 17.5 Å². The van der Waals surface area contributed by atoms with Gasteiger partial charge in [-0.1, -0.05) is 12.1 Å². The molecule has 2 fully saturated rings. The Kier molecular flexibility index (Phi) is 10.8. The molecule has 2 unspecified atom stereocenters. The number of nitrogens with one attached hydrogen (secondary N) is 1. The molecule has 14 heteroatoms. The number of carboxylic acid groups (broad SMARTS) is 1. The smallest absolute Gasteiger partial charge is 0.409 e. The van der Waals surface area contributed by atoms with E-state index in [4.69, 9.17) is 9.47 Å². The molecule has 4 heterocycles. The van der Waals surface area contributed by atoms with Crippen molar-refractivity contribution in [2.75, 3.05) is 52.5 Å². The van der Waals surface area contributed by atoms with Gasteiger partial charge in [-0.25, -0.2) is 9.78 Å². The SMILES string of the molecule is CCOC(=O)N1CCN(C(=O)C(CCC(=O)O)NC(=O)c2cc(OCC(=O)N3CCC(c4ccncc4)C3)c3ccccc3n2)CC1. The highest BCUT2D eigenvalue weighted by Crippen LogP contribution is 2.28. The number of carboxylic acids is 1. The largest absolute Gasteiger partial charge is 0.483 e. The van der Waals surface area contributed by atoms with Crippen LogP contribution >= 0.6 is 0 Å². The number of pyridine rings is 2. The molecule has 2 saturated heterocycles. The summed E-state index contributed by atoms with van der Waals surface area (Å²) in [6, 6.07) is 11.2. The van der Waals surface area contributed by atoms with Gasteiger partial charge in [0.2, 0.25) is 5.91 Å². The molecule has 0 bridgehead atoms. The maximum atomic E-state index is 13.5. The van der Waals surface area contributed by atoms with Crippen LogP contribution in [0.1, 0.15) is 48.2 Å². The number of fused-ring (bicyclic) bond motifs is 1. The van der Waals surface area contributed by atoms with Gasteiger partial charge in [-0.15, -0.1) is 0 Å². The average molecular weight is 647 g/mol. The van der Waals surface area contributed by atoms with Crippen LogP contribution in [0, 0.1) is 0 Å². The molecule has 4 amide bonds. The molecule has 0 aliphatic carbocycles. The summed E-state index contributed by atoms with van der Waals surface area (Å²) < 4.78 is 11.0. The predicted molar refractivity (Wildman–Crippen MR) is 169 cm³/mol. The fourth-order valence-electron chi connectivity index (χ4n) is 5.81. The molecule has 2 aromatic heterocycles. The van der Waals surface area contributed by atoms with Gasteiger partial charge in [-0.2, -0.15) is 0 Å². The first-order chi connectivity index (χ1) is 22.7. The Morgan fingerprint density at radius 1 is 0.979 bits per heavy atom. The highest BCUT2D eigenvalue weighted by molar-refractivity contribution is 5.99. The van der Waals surface area contributed by atoms with E-state index < -0.39 is 29.9 Å². The van der Waals surface area contributed by atoms with Crippen molar-refractivity contribution in [1.82, 2.24) is 30.0 Å². The third kappa shape index (κ3) is 8.31. The Balaban J connectivity index is 1.26. The molecular weight excluding hydrogens is 608 g/mol. The molecule has 2 aliphatic rings. The molecule has 0 spiro atoms. The number of hydrogen-bond acceptors (Lipinski definition) is 9. The van der Waals surface area contributed by atoms with Crippen molar-refractivity contribution >= 4 is 40.7 Å². The van der Waals surface area contributed by atoms with Crippen LogP contribution in [0.5, 0.6) is 5.75 Å². The van der Waals surface area contributed by atoms with Crippen molar-refractivity contribution in [1.29, 1.82) is 0 Å². The molecule has 0 saturated carbocycles. The van der Waals surface area contributed by atoms with Gasteiger partial charge < -0.3 is 34.6 Å². The number of benzene rings is 1. The number of piperazine rings is 1. The van der Waals surface area contributed by atoms with E-state index >= 15 is 0 Å². The monoisotopic (exact) mass is 646 g/mol. The lowest BCUT2D eigenvalue weighted by Gasteiger charge is -2.35. The first-order valence-corrected chi connectivity index (χ1v) is 15.7. The van der Waals surface area contributed by atoms with Crippen LogP contribution in [0.25, 0.3) is 10.9 Å². The number of likely N-dealkylation sites (tertiary alicyclic amines) is 1. The van der Waals surface area contributed by atoms with Gasteiger partial charge in [-0.05, 0) is 49.6 Å². The minimum Gasteiger partial charge on any atom is -0.483 e. The summed E-state index contributed by atoms with van der Waals surface area (Å²) in [6.45, 7) is 3.78. The lowest BCUT2D eigenvalue weighted by atomic mass is 10.00. The van der Waals surface area contributed by atoms with Crippen LogP contribution in [-0.4, -0.2) is 118 Å². The molecule has 3 aromatic rings. The van der Waals surface area contributed by atoms with Gasteiger partial charge in [0.05, 0.1) is 12.1 Å². The van der Waals surface area contributed by atoms with Crippen LogP contribution in [0.2, 0.25) is 0 Å².